The molecule has 314 valence electrons. The molecule has 0 heterocycles. The van der Waals surface area contributed by atoms with Crippen molar-refractivity contribution in [1.29, 1.82) is 0 Å². The van der Waals surface area contributed by atoms with E-state index in [0.29, 0.717) is 19.3 Å². The lowest BCUT2D eigenvalue weighted by Gasteiger charge is -2.18. The van der Waals surface area contributed by atoms with E-state index in [1.807, 2.05) is 0 Å². The summed E-state index contributed by atoms with van der Waals surface area (Å²) in [5.41, 5.74) is 0. The summed E-state index contributed by atoms with van der Waals surface area (Å²) in [5, 5.41) is 0. The van der Waals surface area contributed by atoms with Crippen molar-refractivity contribution in [3.63, 3.8) is 0 Å². The lowest BCUT2D eigenvalue weighted by atomic mass is 10.0. The van der Waals surface area contributed by atoms with Gasteiger partial charge < -0.3 is 14.2 Å². The van der Waals surface area contributed by atoms with Crippen molar-refractivity contribution in [2.24, 2.45) is 5.92 Å². The number of ether oxygens (including phenoxy) is 3. The molecule has 0 rings (SSSR count). The van der Waals surface area contributed by atoms with E-state index < -0.39 is 6.10 Å². The van der Waals surface area contributed by atoms with Gasteiger partial charge in [0.2, 0.25) is 0 Å². The lowest BCUT2D eigenvalue weighted by molar-refractivity contribution is -0.167. The first-order valence-corrected chi connectivity index (χ1v) is 23.4. The second-order valence-electron chi connectivity index (χ2n) is 16.5. The van der Waals surface area contributed by atoms with E-state index in [0.717, 1.165) is 70.1 Å². The fourth-order valence-electron chi connectivity index (χ4n) is 6.98. The van der Waals surface area contributed by atoms with Crippen LogP contribution in [0, 0.1) is 5.92 Å². The summed E-state index contributed by atoms with van der Waals surface area (Å²) >= 11 is 0. The van der Waals surface area contributed by atoms with Crippen molar-refractivity contribution >= 4 is 17.9 Å². The van der Waals surface area contributed by atoms with Gasteiger partial charge in [-0.3, -0.25) is 14.4 Å². The molecule has 0 aromatic carbocycles. The normalized spacial score (nSPS) is 11.9. The molecule has 6 nitrogen and oxygen atoms in total. The van der Waals surface area contributed by atoms with Crippen molar-refractivity contribution in [2.45, 2.75) is 265 Å². The summed E-state index contributed by atoms with van der Waals surface area (Å²) in [6.45, 7) is 8.93. The van der Waals surface area contributed by atoms with Gasteiger partial charge >= 0.3 is 17.9 Å². The molecule has 0 aromatic rings. The topological polar surface area (TPSA) is 78.9 Å². The van der Waals surface area contributed by atoms with Crippen LogP contribution in [0.25, 0.3) is 0 Å². The van der Waals surface area contributed by atoms with Gasteiger partial charge in [0, 0.05) is 19.3 Å². The third-order valence-electron chi connectivity index (χ3n) is 10.5. The van der Waals surface area contributed by atoms with Crippen LogP contribution < -0.4 is 0 Å². The van der Waals surface area contributed by atoms with E-state index in [4.69, 9.17) is 14.2 Å². The minimum atomic E-state index is -0.758. The molecule has 0 aliphatic carbocycles. The van der Waals surface area contributed by atoms with Gasteiger partial charge in [0.05, 0.1) is 0 Å². The van der Waals surface area contributed by atoms with Crippen LogP contribution in [0.2, 0.25) is 0 Å². The minimum Gasteiger partial charge on any atom is -0.462 e. The molecule has 0 N–H and O–H groups in total. The first-order valence-electron chi connectivity index (χ1n) is 23.4. The maximum Gasteiger partial charge on any atom is 0.306 e. The second-order valence-corrected chi connectivity index (χ2v) is 16.5. The molecule has 0 spiro atoms. The predicted molar refractivity (Wildman–Crippen MR) is 224 cm³/mol. The molecule has 0 saturated heterocycles. The van der Waals surface area contributed by atoms with Crippen LogP contribution in [0.4, 0.5) is 0 Å². The quantitative estimate of drug-likeness (QED) is 0.0351. The Hall–Kier alpha value is -1.59. The summed E-state index contributed by atoms with van der Waals surface area (Å²) in [7, 11) is 0. The molecule has 6 heteroatoms. The molecular weight excluding hydrogens is 661 g/mol. The smallest absolute Gasteiger partial charge is 0.306 e. The lowest BCUT2D eigenvalue weighted by Crippen LogP contribution is -2.30. The molecule has 0 aliphatic rings. The maximum absolute atomic E-state index is 12.7. The zero-order chi connectivity index (χ0) is 38.9. The molecule has 53 heavy (non-hydrogen) atoms. The largest absolute Gasteiger partial charge is 0.462 e. The highest BCUT2D eigenvalue weighted by Gasteiger charge is 2.19. The van der Waals surface area contributed by atoms with Gasteiger partial charge in [-0.15, -0.1) is 0 Å². The number of carbonyl (C=O) groups is 3. The summed E-state index contributed by atoms with van der Waals surface area (Å²) in [5.74, 6) is -0.0272. The van der Waals surface area contributed by atoms with Gasteiger partial charge in [0.25, 0.3) is 0 Å². The Labute approximate surface area is 329 Å². The Morgan fingerprint density at radius 1 is 0.358 bits per heavy atom. The summed E-state index contributed by atoms with van der Waals surface area (Å²) in [6.07, 6.45) is 41.1. The Balaban J connectivity index is 4.16. The Morgan fingerprint density at radius 3 is 0.925 bits per heavy atom. The number of rotatable bonds is 42. The van der Waals surface area contributed by atoms with Crippen molar-refractivity contribution in [3.8, 4) is 0 Å². The van der Waals surface area contributed by atoms with E-state index in [-0.39, 0.29) is 31.1 Å². The molecule has 0 fully saturated rings. The van der Waals surface area contributed by atoms with E-state index in [1.54, 1.807) is 0 Å². The highest BCUT2D eigenvalue weighted by atomic mass is 16.6. The van der Waals surface area contributed by atoms with Crippen LogP contribution in [0.1, 0.15) is 259 Å². The number of unbranched alkanes of at least 4 members (excludes halogenated alkanes) is 29. The highest BCUT2D eigenvalue weighted by molar-refractivity contribution is 5.71. The highest BCUT2D eigenvalue weighted by Crippen LogP contribution is 2.16. The van der Waals surface area contributed by atoms with Gasteiger partial charge in [-0.05, 0) is 25.2 Å². The molecule has 0 aromatic heterocycles. The molecule has 0 amide bonds. The molecule has 0 bridgehead atoms. The van der Waals surface area contributed by atoms with Crippen LogP contribution in [0.3, 0.4) is 0 Å². The first-order chi connectivity index (χ1) is 25.9. The Bertz CT molecular complexity index is 796. The van der Waals surface area contributed by atoms with Crippen LogP contribution in [0.15, 0.2) is 0 Å². The van der Waals surface area contributed by atoms with E-state index in [1.165, 1.54) is 148 Å². The van der Waals surface area contributed by atoms with Gasteiger partial charge in [-0.2, -0.15) is 0 Å². The van der Waals surface area contributed by atoms with Crippen LogP contribution >= 0.6 is 0 Å². The SMILES string of the molecule is CCCCCCCCCCCCCCCCC(=O)OC[C@@H](COC(=O)CCCCCCC)OC(=O)CCCCCCCCCCCCCCCC(C)C. The zero-order valence-electron chi connectivity index (χ0n) is 36.0. The molecule has 1 atom stereocenters. The van der Waals surface area contributed by atoms with E-state index in [2.05, 4.69) is 27.7 Å². The van der Waals surface area contributed by atoms with Crippen molar-refractivity contribution in [1.82, 2.24) is 0 Å². The van der Waals surface area contributed by atoms with Gasteiger partial charge in [-0.1, -0.05) is 220 Å². The zero-order valence-corrected chi connectivity index (χ0v) is 36.0. The molecule has 0 aliphatic heterocycles. The van der Waals surface area contributed by atoms with Crippen molar-refractivity contribution in [2.75, 3.05) is 13.2 Å². The predicted octanol–water partition coefficient (Wildman–Crippen LogP) is 14.7. The average molecular weight is 751 g/mol. The molecule has 0 radical (unpaired) electrons. The fraction of sp³-hybridized carbons (Fsp3) is 0.936. The van der Waals surface area contributed by atoms with Crippen LogP contribution in [0.5, 0.6) is 0 Å². The fourth-order valence-corrected chi connectivity index (χ4v) is 6.98. The second kappa shape index (κ2) is 41.6. The standard InChI is InChI=1S/C47H90O6/c1-5-7-9-11-12-13-14-15-18-21-24-27-31-35-39-46(49)52-42-44(41-51-45(48)38-34-29-10-8-6-2)53-47(50)40-36-32-28-25-22-19-16-17-20-23-26-30-33-37-43(3)4/h43-44H,5-42H2,1-4H3/t44-/m1/s1. The number of carbonyl (C=O) groups excluding carboxylic acids is 3. The number of hydrogen-bond acceptors (Lipinski definition) is 6. The first kappa shape index (κ1) is 51.4. The molecule has 0 unspecified atom stereocenters. The van der Waals surface area contributed by atoms with Crippen molar-refractivity contribution in [3.05, 3.63) is 0 Å². The number of esters is 3. The number of hydrogen-bond donors (Lipinski definition) is 0. The summed E-state index contributed by atoms with van der Waals surface area (Å²) in [6, 6.07) is 0. The van der Waals surface area contributed by atoms with E-state index in [9.17, 15) is 14.4 Å². The molecule has 0 saturated carbocycles. The van der Waals surface area contributed by atoms with Crippen molar-refractivity contribution < 1.29 is 28.6 Å². The Morgan fingerprint density at radius 2 is 0.623 bits per heavy atom. The summed E-state index contributed by atoms with van der Waals surface area (Å²) in [4.78, 5) is 37.5. The summed E-state index contributed by atoms with van der Waals surface area (Å²) < 4.78 is 16.6. The Kier molecular flexibility index (Phi) is 40.3. The van der Waals surface area contributed by atoms with E-state index >= 15 is 0 Å². The minimum absolute atomic E-state index is 0.0644. The van der Waals surface area contributed by atoms with Gasteiger partial charge in [0.15, 0.2) is 6.10 Å². The van der Waals surface area contributed by atoms with Crippen LogP contribution in [-0.4, -0.2) is 37.2 Å². The van der Waals surface area contributed by atoms with Crippen LogP contribution in [-0.2, 0) is 28.6 Å². The maximum atomic E-state index is 12.7. The van der Waals surface area contributed by atoms with Gasteiger partial charge in [-0.25, -0.2) is 0 Å². The average Bonchev–Trinajstić information content (AvgIpc) is 3.14. The third kappa shape index (κ3) is 41.4. The third-order valence-corrected chi connectivity index (χ3v) is 10.5. The molecular formula is C47H90O6. The monoisotopic (exact) mass is 751 g/mol. The van der Waals surface area contributed by atoms with Gasteiger partial charge in [0.1, 0.15) is 13.2 Å².